The van der Waals surface area contributed by atoms with Crippen LogP contribution in [0.5, 0.6) is 0 Å². The molecular weight excluding hydrogens is 185 g/mol. The van der Waals surface area contributed by atoms with Gasteiger partial charge in [-0.25, -0.2) is 4.39 Å². The summed E-state index contributed by atoms with van der Waals surface area (Å²) < 4.78 is 13.0. The molecule has 1 amide bonds. The first-order chi connectivity index (χ1) is 6.65. The first-order valence-corrected chi connectivity index (χ1v) is 4.31. The molecule has 4 nitrogen and oxygen atoms in total. The number of carbonyl (C=O) groups excluding carboxylic acids is 1. The highest BCUT2D eigenvalue weighted by Crippen LogP contribution is 2.10. The zero-order chi connectivity index (χ0) is 10.6. The largest absolute Gasteiger partial charge is 0.322 e. The average Bonchev–Trinajstić information content (AvgIpc) is 2.20. The van der Waals surface area contributed by atoms with Crippen LogP contribution in [-0.4, -0.2) is 16.9 Å². The summed E-state index contributed by atoms with van der Waals surface area (Å²) in [5.41, 5.74) is 5.57. The number of nitrogens with one attached hydrogen (secondary N) is 1. The molecule has 0 saturated heterocycles. The number of rotatable bonds is 3. The Bertz CT molecular complexity index is 330. The van der Waals surface area contributed by atoms with Crippen LogP contribution in [0.15, 0.2) is 18.5 Å². The Hall–Kier alpha value is -1.49. The summed E-state index contributed by atoms with van der Waals surface area (Å²) in [4.78, 5) is 14.8. The third-order valence-corrected chi connectivity index (χ3v) is 1.81. The van der Waals surface area contributed by atoms with Gasteiger partial charge in [0.2, 0.25) is 5.91 Å². The maximum absolute atomic E-state index is 13.0. The molecule has 0 aliphatic heterocycles. The second-order valence-corrected chi connectivity index (χ2v) is 2.86. The van der Waals surface area contributed by atoms with Crippen molar-refractivity contribution in [2.24, 2.45) is 5.73 Å². The van der Waals surface area contributed by atoms with E-state index >= 15 is 0 Å². The Morgan fingerprint density at radius 1 is 1.79 bits per heavy atom. The van der Waals surface area contributed by atoms with Crippen molar-refractivity contribution in [3.05, 3.63) is 24.3 Å². The van der Waals surface area contributed by atoms with E-state index in [9.17, 15) is 9.18 Å². The van der Waals surface area contributed by atoms with E-state index in [0.29, 0.717) is 6.42 Å². The highest BCUT2D eigenvalue weighted by Gasteiger charge is 2.12. The van der Waals surface area contributed by atoms with Gasteiger partial charge in [0, 0.05) is 6.20 Å². The van der Waals surface area contributed by atoms with Crippen molar-refractivity contribution in [3.8, 4) is 0 Å². The number of pyridine rings is 1. The molecule has 0 aliphatic carbocycles. The molecular formula is C9H12FN3O. The lowest BCUT2D eigenvalue weighted by Gasteiger charge is -2.09. The molecule has 5 heteroatoms. The minimum Gasteiger partial charge on any atom is -0.322 e. The summed E-state index contributed by atoms with van der Waals surface area (Å²) >= 11 is 0. The number of hydrogen-bond acceptors (Lipinski definition) is 3. The van der Waals surface area contributed by atoms with Gasteiger partial charge in [0.1, 0.15) is 0 Å². The molecule has 0 fully saturated rings. The fraction of sp³-hybridized carbons (Fsp3) is 0.333. The van der Waals surface area contributed by atoms with Crippen LogP contribution in [0, 0.1) is 5.82 Å². The van der Waals surface area contributed by atoms with Crippen LogP contribution in [0.4, 0.5) is 10.1 Å². The number of amides is 1. The van der Waals surface area contributed by atoms with Gasteiger partial charge in [-0.2, -0.15) is 0 Å². The minimum absolute atomic E-state index is 0.105. The smallest absolute Gasteiger partial charge is 0.241 e. The fourth-order valence-corrected chi connectivity index (χ4v) is 0.887. The molecule has 3 N–H and O–H groups in total. The highest BCUT2D eigenvalue weighted by atomic mass is 19.1. The van der Waals surface area contributed by atoms with E-state index in [2.05, 4.69) is 10.3 Å². The van der Waals surface area contributed by atoms with Gasteiger partial charge < -0.3 is 11.1 Å². The summed E-state index contributed by atoms with van der Waals surface area (Å²) in [6.45, 7) is 1.78. The van der Waals surface area contributed by atoms with Crippen molar-refractivity contribution in [3.63, 3.8) is 0 Å². The first-order valence-electron chi connectivity index (χ1n) is 4.31. The summed E-state index contributed by atoms with van der Waals surface area (Å²) in [7, 11) is 0. The van der Waals surface area contributed by atoms with Crippen molar-refractivity contribution in [2.45, 2.75) is 19.4 Å². The van der Waals surface area contributed by atoms with Crippen molar-refractivity contribution < 1.29 is 9.18 Å². The van der Waals surface area contributed by atoms with Crippen molar-refractivity contribution >= 4 is 11.6 Å². The minimum atomic E-state index is -0.609. The van der Waals surface area contributed by atoms with E-state index in [1.807, 2.05) is 0 Å². The molecule has 0 aliphatic rings. The lowest BCUT2D eigenvalue weighted by Crippen LogP contribution is -2.35. The lowest BCUT2D eigenvalue weighted by atomic mass is 10.2. The Balaban J connectivity index is 2.70. The van der Waals surface area contributed by atoms with Crippen LogP contribution >= 0.6 is 0 Å². The topological polar surface area (TPSA) is 68.0 Å². The van der Waals surface area contributed by atoms with Gasteiger partial charge >= 0.3 is 0 Å². The molecule has 0 bridgehead atoms. The third kappa shape index (κ3) is 2.50. The van der Waals surface area contributed by atoms with Gasteiger partial charge in [-0.05, 0) is 12.5 Å². The van der Waals surface area contributed by atoms with Gasteiger partial charge in [0.05, 0.1) is 17.9 Å². The molecule has 0 spiro atoms. The molecule has 1 aromatic rings. The predicted molar refractivity (Wildman–Crippen MR) is 51.1 cm³/mol. The zero-order valence-electron chi connectivity index (χ0n) is 7.83. The molecule has 0 radical (unpaired) electrons. The van der Waals surface area contributed by atoms with E-state index in [1.165, 1.54) is 12.3 Å². The van der Waals surface area contributed by atoms with Gasteiger partial charge in [-0.3, -0.25) is 9.78 Å². The van der Waals surface area contributed by atoms with Crippen LogP contribution in [0.1, 0.15) is 13.3 Å². The summed E-state index contributed by atoms with van der Waals surface area (Å²) in [6.07, 6.45) is 2.95. The van der Waals surface area contributed by atoms with Crippen molar-refractivity contribution in [1.82, 2.24) is 4.98 Å². The normalized spacial score (nSPS) is 12.2. The number of hydrogen-bond donors (Lipinski definition) is 2. The van der Waals surface area contributed by atoms with Crippen LogP contribution in [0.3, 0.4) is 0 Å². The molecule has 1 heterocycles. The quantitative estimate of drug-likeness (QED) is 0.756. The summed E-state index contributed by atoms with van der Waals surface area (Å²) in [5.74, 6) is -0.957. The molecule has 0 aromatic carbocycles. The second-order valence-electron chi connectivity index (χ2n) is 2.86. The summed E-state index contributed by atoms with van der Waals surface area (Å²) in [6, 6.07) is 0.776. The standard InChI is InChI=1S/C9H12FN3O/c1-2-7(11)9(14)13-8-3-4-12-5-6(8)10/h3-5,7H,2,11H2,1H3,(H,12,13,14). The molecule has 0 saturated carbocycles. The molecule has 1 rings (SSSR count). The average molecular weight is 197 g/mol. The Morgan fingerprint density at radius 3 is 3.07 bits per heavy atom. The molecule has 1 aromatic heterocycles. The Labute approximate surface area is 81.3 Å². The predicted octanol–water partition coefficient (Wildman–Crippen LogP) is 0.896. The monoisotopic (exact) mass is 197 g/mol. The number of anilines is 1. The Morgan fingerprint density at radius 2 is 2.50 bits per heavy atom. The van der Waals surface area contributed by atoms with Crippen LogP contribution in [0.25, 0.3) is 0 Å². The van der Waals surface area contributed by atoms with E-state index < -0.39 is 17.8 Å². The second kappa shape index (κ2) is 4.66. The van der Waals surface area contributed by atoms with Crippen molar-refractivity contribution in [2.75, 3.05) is 5.32 Å². The van der Waals surface area contributed by atoms with Crippen LogP contribution in [0.2, 0.25) is 0 Å². The number of aromatic nitrogens is 1. The van der Waals surface area contributed by atoms with Crippen LogP contribution in [-0.2, 0) is 4.79 Å². The Kier molecular flexibility index (Phi) is 3.53. The molecule has 76 valence electrons. The molecule has 1 unspecified atom stereocenters. The SMILES string of the molecule is CCC(N)C(=O)Nc1ccncc1F. The van der Waals surface area contributed by atoms with E-state index in [4.69, 9.17) is 5.73 Å². The third-order valence-electron chi connectivity index (χ3n) is 1.81. The maximum Gasteiger partial charge on any atom is 0.241 e. The van der Waals surface area contributed by atoms with Gasteiger partial charge in [0.25, 0.3) is 0 Å². The fourth-order valence-electron chi connectivity index (χ4n) is 0.887. The number of nitrogens with zero attached hydrogens (tertiary/aromatic N) is 1. The number of carbonyl (C=O) groups is 1. The zero-order valence-corrected chi connectivity index (χ0v) is 7.83. The lowest BCUT2D eigenvalue weighted by molar-refractivity contribution is -0.117. The van der Waals surface area contributed by atoms with Gasteiger partial charge in [-0.1, -0.05) is 6.92 Å². The highest BCUT2D eigenvalue weighted by molar-refractivity contribution is 5.94. The maximum atomic E-state index is 13.0. The van der Waals surface area contributed by atoms with E-state index in [0.717, 1.165) is 6.20 Å². The first kappa shape index (κ1) is 10.6. The number of nitrogens with two attached hydrogens (primary N) is 1. The van der Waals surface area contributed by atoms with E-state index in [-0.39, 0.29) is 5.69 Å². The number of halogens is 1. The van der Waals surface area contributed by atoms with Crippen molar-refractivity contribution in [1.29, 1.82) is 0 Å². The van der Waals surface area contributed by atoms with Gasteiger partial charge in [-0.15, -0.1) is 0 Å². The van der Waals surface area contributed by atoms with Crippen LogP contribution < -0.4 is 11.1 Å². The molecule has 1 atom stereocenters. The van der Waals surface area contributed by atoms with E-state index in [1.54, 1.807) is 6.92 Å². The van der Waals surface area contributed by atoms with Gasteiger partial charge in [0.15, 0.2) is 5.82 Å². The molecule has 14 heavy (non-hydrogen) atoms. The summed E-state index contributed by atoms with van der Waals surface area (Å²) in [5, 5.41) is 2.38.